The number of carbonyl (C=O) groups is 2. The number of rotatable bonds is 3. The summed E-state index contributed by atoms with van der Waals surface area (Å²) in [6.45, 7) is 5.27. The summed E-state index contributed by atoms with van der Waals surface area (Å²) in [4.78, 5) is 29.2. The fraction of sp³-hybridized carbons (Fsp3) is 0.667. The summed E-state index contributed by atoms with van der Waals surface area (Å²) >= 11 is 0. The Bertz CT molecular complexity index is 963. The third-order valence-corrected chi connectivity index (χ3v) is 9.22. The van der Waals surface area contributed by atoms with Gasteiger partial charge in [0, 0.05) is 49.1 Å². The molecule has 0 aromatic heterocycles. The van der Waals surface area contributed by atoms with Crippen molar-refractivity contribution in [2.45, 2.75) is 75.9 Å². The molecule has 4 saturated heterocycles. The SMILES string of the molecule is CCC1C2CC3C4N(C)c5ccc(C(C)=O)cc5C45CC(C2C5OC(C)=O)N3C1O. The first-order valence-electron chi connectivity index (χ1n) is 11.3. The number of Topliss-reactive ketones (excluding diaryl/α,β-unsaturated/α-hetero) is 1. The average molecular weight is 411 g/mol. The van der Waals surface area contributed by atoms with E-state index in [-0.39, 0.29) is 53.2 Å². The number of piperidine rings is 4. The number of benzene rings is 1. The van der Waals surface area contributed by atoms with Crippen LogP contribution in [0.3, 0.4) is 0 Å². The summed E-state index contributed by atoms with van der Waals surface area (Å²) in [5, 5.41) is 11.3. The lowest BCUT2D eigenvalue weighted by molar-refractivity contribution is -0.212. The van der Waals surface area contributed by atoms with Crippen LogP contribution in [0.5, 0.6) is 0 Å². The molecule has 10 atom stereocenters. The van der Waals surface area contributed by atoms with Crippen molar-refractivity contribution < 1.29 is 19.4 Å². The number of hydrogen-bond donors (Lipinski definition) is 1. The van der Waals surface area contributed by atoms with Crippen molar-refractivity contribution in [2.75, 3.05) is 11.9 Å². The Kier molecular flexibility index (Phi) is 3.67. The number of hydrogen-bond acceptors (Lipinski definition) is 6. The maximum atomic E-state index is 12.3. The highest BCUT2D eigenvalue weighted by atomic mass is 16.5. The smallest absolute Gasteiger partial charge is 0.302 e. The normalized spacial score (nSPS) is 46.7. The van der Waals surface area contributed by atoms with Crippen LogP contribution in [0, 0.1) is 17.8 Å². The summed E-state index contributed by atoms with van der Waals surface area (Å²) in [6, 6.07) is 6.63. The fourth-order valence-electron chi connectivity index (χ4n) is 8.47. The number of ether oxygens (including phenoxy) is 1. The van der Waals surface area contributed by atoms with Gasteiger partial charge in [0.05, 0.1) is 11.5 Å². The van der Waals surface area contributed by atoms with E-state index in [1.165, 1.54) is 6.92 Å². The zero-order valence-corrected chi connectivity index (χ0v) is 18.0. The van der Waals surface area contributed by atoms with E-state index in [1.54, 1.807) is 6.92 Å². The van der Waals surface area contributed by atoms with Crippen LogP contribution in [0.1, 0.15) is 56.0 Å². The van der Waals surface area contributed by atoms with Crippen molar-refractivity contribution in [1.82, 2.24) is 4.90 Å². The lowest BCUT2D eigenvalue weighted by Crippen LogP contribution is -2.72. The molecule has 6 nitrogen and oxygen atoms in total. The Morgan fingerprint density at radius 1 is 1.27 bits per heavy atom. The van der Waals surface area contributed by atoms with Gasteiger partial charge >= 0.3 is 5.97 Å². The molecule has 1 aliphatic carbocycles. The fourth-order valence-corrected chi connectivity index (χ4v) is 8.47. The van der Waals surface area contributed by atoms with Gasteiger partial charge in [-0.15, -0.1) is 0 Å². The van der Waals surface area contributed by atoms with Crippen molar-refractivity contribution in [1.29, 1.82) is 0 Å². The summed E-state index contributed by atoms with van der Waals surface area (Å²) in [5.41, 5.74) is 2.70. The summed E-state index contributed by atoms with van der Waals surface area (Å²) in [7, 11) is 2.13. The maximum absolute atomic E-state index is 12.3. The van der Waals surface area contributed by atoms with E-state index in [9.17, 15) is 14.7 Å². The highest BCUT2D eigenvalue weighted by molar-refractivity contribution is 5.95. The minimum atomic E-state index is -0.418. The lowest BCUT2D eigenvalue weighted by Gasteiger charge is -2.62. The standard InChI is InChI=1S/C24H30N2O4/c1-5-14-15-9-18-21-24(16-8-13(11(2)27)6-7-17(16)25(21)4)10-19(26(18)23(14)29)20(15)22(24)30-12(3)28/h6-8,14-15,18-23,29H,5,9-10H2,1-4H3. The predicted molar refractivity (Wildman–Crippen MR) is 111 cm³/mol. The molecule has 0 radical (unpaired) electrons. The van der Waals surface area contributed by atoms with Crippen LogP contribution < -0.4 is 4.90 Å². The maximum Gasteiger partial charge on any atom is 0.302 e. The number of fused-ring (bicyclic) bond motifs is 2. The van der Waals surface area contributed by atoms with Gasteiger partial charge in [0.25, 0.3) is 0 Å². The Morgan fingerprint density at radius 2 is 2.03 bits per heavy atom. The van der Waals surface area contributed by atoms with Crippen molar-refractivity contribution in [2.24, 2.45) is 17.8 Å². The highest BCUT2D eigenvalue weighted by Crippen LogP contribution is 2.69. The molecule has 0 amide bonds. The van der Waals surface area contributed by atoms with Gasteiger partial charge in [-0.1, -0.05) is 6.92 Å². The number of anilines is 1. The van der Waals surface area contributed by atoms with Crippen LogP contribution in [-0.4, -0.2) is 59.3 Å². The molecule has 5 bridgehead atoms. The first kappa shape index (κ1) is 18.8. The first-order valence-corrected chi connectivity index (χ1v) is 11.3. The molecule has 1 N–H and O–H groups in total. The topological polar surface area (TPSA) is 70.1 Å². The van der Waals surface area contributed by atoms with Gasteiger partial charge in [0.15, 0.2) is 5.78 Å². The van der Waals surface area contributed by atoms with E-state index in [0.29, 0.717) is 5.92 Å². The molecule has 30 heavy (non-hydrogen) atoms. The molecule has 5 fully saturated rings. The number of likely N-dealkylation sites (N-methyl/N-ethyl adjacent to an activating group) is 1. The molecule has 7 rings (SSSR count). The molecular formula is C24H30N2O4. The lowest BCUT2D eigenvalue weighted by atomic mass is 9.62. The van der Waals surface area contributed by atoms with Crippen molar-refractivity contribution >= 4 is 17.4 Å². The second-order valence-corrected chi connectivity index (χ2v) is 10.2. The molecule has 1 spiro atoms. The Morgan fingerprint density at radius 3 is 2.70 bits per heavy atom. The van der Waals surface area contributed by atoms with Crippen molar-refractivity contribution in [3.05, 3.63) is 29.3 Å². The van der Waals surface area contributed by atoms with Gasteiger partial charge in [-0.05, 0) is 55.9 Å². The number of carbonyl (C=O) groups excluding carboxylic acids is 2. The van der Waals surface area contributed by atoms with Gasteiger partial charge in [0.2, 0.25) is 0 Å². The molecule has 1 saturated carbocycles. The van der Waals surface area contributed by atoms with E-state index in [4.69, 9.17) is 4.74 Å². The quantitative estimate of drug-likeness (QED) is 0.609. The average Bonchev–Trinajstić information content (AvgIpc) is 3.09. The molecule has 5 heterocycles. The molecule has 160 valence electrons. The van der Waals surface area contributed by atoms with Crippen molar-refractivity contribution in [3.8, 4) is 0 Å². The van der Waals surface area contributed by atoms with E-state index in [2.05, 4.69) is 35.9 Å². The van der Waals surface area contributed by atoms with Crippen LogP contribution in [0.4, 0.5) is 5.69 Å². The van der Waals surface area contributed by atoms with E-state index < -0.39 is 6.23 Å². The Hall–Kier alpha value is -1.92. The van der Waals surface area contributed by atoms with Crippen molar-refractivity contribution in [3.63, 3.8) is 0 Å². The van der Waals surface area contributed by atoms with E-state index in [0.717, 1.165) is 36.1 Å². The van der Waals surface area contributed by atoms with Crippen LogP contribution in [0.2, 0.25) is 0 Å². The molecular weight excluding hydrogens is 380 g/mol. The van der Waals surface area contributed by atoms with Gasteiger partial charge in [-0.25, -0.2) is 0 Å². The third kappa shape index (κ3) is 1.93. The molecule has 6 heteroatoms. The van der Waals surface area contributed by atoms with E-state index in [1.807, 2.05) is 6.07 Å². The van der Waals surface area contributed by atoms with Gasteiger partial charge < -0.3 is 14.7 Å². The number of nitrogens with zero attached hydrogens (tertiary/aromatic N) is 2. The minimum absolute atomic E-state index is 0.0583. The number of esters is 1. The molecule has 6 aliphatic rings. The van der Waals surface area contributed by atoms with Crippen LogP contribution in [0.25, 0.3) is 0 Å². The summed E-state index contributed by atoms with van der Waals surface area (Å²) in [5.74, 6) is 0.657. The monoisotopic (exact) mass is 410 g/mol. The zero-order chi connectivity index (χ0) is 21.1. The summed E-state index contributed by atoms with van der Waals surface area (Å²) < 4.78 is 6.19. The molecule has 10 unspecified atom stereocenters. The number of aliphatic hydroxyl groups excluding tert-OH is 1. The minimum Gasteiger partial charge on any atom is -0.461 e. The van der Waals surface area contributed by atoms with Crippen LogP contribution >= 0.6 is 0 Å². The summed E-state index contributed by atoms with van der Waals surface area (Å²) in [6.07, 6.45) is 2.22. The van der Waals surface area contributed by atoms with Crippen LogP contribution in [-0.2, 0) is 14.9 Å². The Labute approximate surface area is 177 Å². The number of ketones is 1. The van der Waals surface area contributed by atoms with Crippen LogP contribution in [0.15, 0.2) is 18.2 Å². The number of aliphatic hydroxyl groups is 1. The largest absolute Gasteiger partial charge is 0.461 e. The van der Waals surface area contributed by atoms with Gasteiger partial charge in [-0.2, -0.15) is 0 Å². The van der Waals surface area contributed by atoms with Gasteiger partial charge in [0.1, 0.15) is 12.3 Å². The second-order valence-electron chi connectivity index (χ2n) is 10.2. The Balaban J connectivity index is 1.59. The van der Waals surface area contributed by atoms with Gasteiger partial charge in [-0.3, -0.25) is 14.5 Å². The first-order chi connectivity index (χ1) is 14.3. The third-order valence-electron chi connectivity index (χ3n) is 9.22. The highest BCUT2D eigenvalue weighted by Gasteiger charge is 2.77. The van der Waals surface area contributed by atoms with E-state index >= 15 is 0 Å². The molecule has 1 aromatic carbocycles. The zero-order valence-electron chi connectivity index (χ0n) is 18.0. The predicted octanol–water partition coefficient (Wildman–Crippen LogP) is 2.33. The second kappa shape index (κ2) is 5.86. The molecule has 1 aromatic rings. The molecule has 5 aliphatic heterocycles.